The lowest BCUT2D eigenvalue weighted by Gasteiger charge is -2.21. The molecule has 0 heterocycles. The standard InChI is InChI=1S/C12H15BrN2O4/c1-19-5-4-15(7-11(16)17)12(18)9-3-2-8(13)6-10(9)14/h2-3,6H,4-5,7,14H2,1H3,(H,16,17). The van der Waals surface area contributed by atoms with Gasteiger partial charge in [0.1, 0.15) is 6.54 Å². The van der Waals surface area contributed by atoms with Crippen LogP contribution >= 0.6 is 15.9 Å². The maximum absolute atomic E-state index is 12.2. The summed E-state index contributed by atoms with van der Waals surface area (Å²) >= 11 is 3.25. The topological polar surface area (TPSA) is 92.9 Å². The van der Waals surface area contributed by atoms with Crippen LogP contribution in [0, 0.1) is 0 Å². The van der Waals surface area contributed by atoms with Gasteiger partial charge in [-0.05, 0) is 18.2 Å². The molecular formula is C12H15BrN2O4. The molecule has 0 saturated carbocycles. The number of hydrogen-bond acceptors (Lipinski definition) is 4. The maximum atomic E-state index is 12.2. The minimum atomic E-state index is -1.08. The van der Waals surface area contributed by atoms with E-state index in [0.29, 0.717) is 5.69 Å². The predicted octanol–water partition coefficient (Wildman–Crippen LogP) is 1.20. The third-order valence-electron chi connectivity index (χ3n) is 2.42. The van der Waals surface area contributed by atoms with Gasteiger partial charge in [-0.1, -0.05) is 15.9 Å². The highest BCUT2D eigenvalue weighted by Gasteiger charge is 2.20. The number of rotatable bonds is 6. The number of carbonyl (C=O) groups is 2. The summed E-state index contributed by atoms with van der Waals surface area (Å²) in [6.07, 6.45) is 0. The van der Waals surface area contributed by atoms with Gasteiger partial charge < -0.3 is 20.5 Å². The Balaban J connectivity index is 2.93. The molecule has 0 aliphatic carbocycles. The molecule has 1 rings (SSSR count). The summed E-state index contributed by atoms with van der Waals surface area (Å²) in [5, 5.41) is 8.82. The van der Waals surface area contributed by atoms with Crippen LogP contribution in [0.1, 0.15) is 10.4 Å². The van der Waals surface area contributed by atoms with Gasteiger partial charge in [-0.15, -0.1) is 0 Å². The molecule has 0 aliphatic rings. The Morgan fingerprint density at radius 2 is 2.16 bits per heavy atom. The fraction of sp³-hybridized carbons (Fsp3) is 0.333. The molecule has 1 aromatic rings. The van der Waals surface area contributed by atoms with Crippen LogP contribution in [0.25, 0.3) is 0 Å². The summed E-state index contributed by atoms with van der Waals surface area (Å²) in [7, 11) is 1.48. The van der Waals surface area contributed by atoms with E-state index in [0.717, 1.165) is 4.47 Å². The summed E-state index contributed by atoms with van der Waals surface area (Å²) in [6.45, 7) is 0.0598. The second-order valence-electron chi connectivity index (χ2n) is 3.84. The van der Waals surface area contributed by atoms with Gasteiger partial charge in [-0.2, -0.15) is 0 Å². The van der Waals surface area contributed by atoms with Crippen molar-refractivity contribution >= 4 is 33.5 Å². The summed E-state index contributed by atoms with van der Waals surface area (Å²) in [5.74, 6) is -1.51. The third kappa shape index (κ3) is 4.53. The lowest BCUT2D eigenvalue weighted by Crippen LogP contribution is -2.38. The lowest BCUT2D eigenvalue weighted by atomic mass is 10.1. The summed E-state index contributed by atoms with van der Waals surface area (Å²) in [6, 6.07) is 4.84. The molecule has 3 N–H and O–H groups in total. The fourth-order valence-corrected chi connectivity index (χ4v) is 1.89. The first-order chi connectivity index (χ1) is 8.95. The van der Waals surface area contributed by atoms with Crippen LogP contribution in [0.15, 0.2) is 22.7 Å². The highest BCUT2D eigenvalue weighted by Crippen LogP contribution is 2.20. The van der Waals surface area contributed by atoms with Crippen molar-refractivity contribution in [2.24, 2.45) is 0 Å². The number of carbonyl (C=O) groups excluding carboxylic acids is 1. The van der Waals surface area contributed by atoms with Crippen LogP contribution in [0.3, 0.4) is 0 Å². The van der Waals surface area contributed by atoms with Crippen LogP contribution < -0.4 is 5.73 Å². The van der Waals surface area contributed by atoms with E-state index in [-0.39, 0.29) is 18.7 Å². The molecule has 0 spiro atoms. The average molecular weight is 331 g/mol. The number of methoxy groups -OCH3 is 1. The molecule has 0 aliphatic heterocycles. The maximum Gasteiger partial charge on any atom is 0.323 e. The number of nitrogens with two attached hydrogens (primary N) is 1. The van der Waals surface area contributed by atoms with E-state index >= 15 is 0 Å². The van der Waals surface area contributed by atoms with Crippen molar-refractivity contribution in [2.45, 2.75) is 0 Å². The number of halogens is 1. The van der Waals surface area contributed by atoms with Crippen molar-refractivity contribution in [1.82, 2.24) is 4.90 Å². The number of hydrogen-bond donors (Lipinski definition) is 2. The molecule has 0 atom stereocenters. The Morgan fingerprint density at radius 3 is 2.68 bits per heavy atom. The Bertz CT molecular complexity index is 479. The fourth-order valence-electron chi connectivity index (χ4n) is 1.52. The second kappa shape index (κ2) is 7.10. The van der Waals surface area contributed by atoms with E-state index in [1.807, 2.05) is 0 Å². The number of amides is 1. The van der Waals surface area contributed by atoms with Crippen LogP contribution in [-0.4, -0.2) is 48.7 Å². The van der Waals surface area contributed by atoms with Crippen molar-refractivity contribution in [3.8, 4) is 0 Å². The van der Waals surface area contributed by atoms with Gasteiger partial charge >= 0.3 is 5.97 Å². The van der Waals surface area contributed by atoms with Gasteiger partial charge in [0.15, 0.2) is 0 Å². The normalized spacial score (nSPS) is 10.2. The minimum Gasteiger partial charge on any atom is -0.480 e. The molecular weight excluding hydrogens is 316 g/mol. The number of anilines is 1. The smallest absolute Gasteiger partial charge is 0.323 e. The van der Waals surface area contributed by atoms with Crippen molar-refractivity contribution in [3.63, 3.8) is 0 Å². The summed E-state index contributed by atoms with van der Waals surface area (Å²) < 4.78 is 5.62. The van der Waals surface area contributed by atoms with E-state index in [9.17, 15) is 9.59 Å². The molecule has 0 bridgehead atoms. The van der Waals surface area contributed by atoms with E-state index in [2.05, 4.69) is 15.9 Å². The summed E-state index contributed by atoms with van der Waals surface area (Å²) in [5.41, 5.74) is 6.34. The van der Waals surface area contributed by atoms with Crippen molar-refractivity contribution < 1.29 is 19.4 Å². The number of carboxylic acids is 1. The largest absolute Gasteiger partial charge is 0.480 e. The molecule has 1 amide bonds. The van der Waals surface area contributed by atoms with Gasteiger partial charge in [0.2, 0.25) is 0 Å². The number of nitrogen functional groups attached to an aromatic ring is 1. The third-order valence-corrected chi connectivity index (χ3v) is 2.92. The highest BCUT2D eigenvalue weighted by atomic mass is 79.9. The summed E-state index contributed by atoms with van der Waals surface area (Å²) in [4.78, 5) is 24.2. The Hall–Kier alpha value is -1.60. The van der Waals surface area contributed by atoms with E-state index in [1.165, 1.54) is 12.0 Å². The minimum absolute atomic E-state index is 0.192. The SMILES string of the molecule is COCCN(CC(=O)O)C(=O)c1ccc(Br)cc1N. The second-order valence-corrected chi connectivity index (χ2v) is 4.76. The lowest BCUT2D eigenvalue weighted by molar-refractivity contribution is -0.137. The molecule has 0 unspecified atom stereocenters. The van der Waals surface area contributed by atoms with Crippen LogP contribution in [0.4, 0.5) is 5.69 Å². The molecule has 1 aromatic carbocycles. The van der Waals surface area contributed by atoms with Crippen molar-refractivity contribution in [1.29, 1.82) is 0 Å². The van der Waals surface area contributed by atoms with Crippen LogP contribution in [-0.2, 0) is 9.53 Å². The molecule has 0 aromatic heterocycles. The van der Waals surface area contributed by atoms with E-state index in [1.54, 1.807) is 18.2 Å². The van der Waals surface area contributed by atoms with Crippen molar-refractivity contribution in [2.75, 3.05) is 32.5 Å². The zero-order chi connectivity index (χ0) is 14.4. The number of ether oxygens (including phenoxy) is 1. The van der Waals surface area contributed by atoms with Gasteiger partial charge in [-0.25, -0.2) is 0 Å². The molecule has 104 valence electrons. The Morgan fingerprint density at radius 1 is 1.47 bits per heavy atom. The van der Waals surface area contributed by atoms with Gasteiger partial charge in [0.05, 0.1) is 12.2 Å². The molecule has 0 saturated heterocycles. The molecule has 6 nitrogen and oxygen atoms in total. The average Bonchev–Trinajstić information content (AvgIpc) is 2.33. The van der Waals surface area contributed by atoms with Crippen LogP contribution in [0.5, 0.6) is 0 Å². The van der Waals surface area contributed by atoms with Gasteiger partial charge in [0.25, 0.3) is 5.91 Å². The molecule has 0 radical (unpaired) electrons. The Labute approximate surface area is 119 Å². The number of carboxylic acid groups (broad SMARTS) is 1. The van der Waals surface area contributed by atoms with Gasteiger partial charge in [-0.3, -0.25) is 9.59 Å². The molecule has 0 fully saturated rings. The monoisotopic (exact) mass is 330 g/mol. The van der Waals surface area contributed by atoms with Gasteiger partial charge in [0, 0.05) is 23.8 Å². The molecule has 19 heavy (non-hydrogen) atoms. The predicted molar refractivity (Wildman–Crippen MR) is 74.0 cm³/mol. The highest BCUT2D eigenvalue weighted by molar-refractivity contribution is 9.10. The first-order valence-corrected chi connectivity index (χ1v) is 6.30. The first kappa shape index (κ1) is 15.5. The zero-order valence-corrected chi connectivity index (χ0v) is 12.0. The number of aliphatic carboxylic acids is 1. The zero-order valence-electron chi connectivity index (χ0n) is 10.4. The quantitative estimate of drug-likeness (QED) is 0.764. The van der Waals surface area contributed by atoms with Crippen molar-refractivity contribution in [3.05, 3.63) is 28.2 Å². The van der Waals surface area contributed by atoms with E-state index < -0.39 is 18.4 Å². The number of nitrogens with zero attached hydrogens (tertiary/aromatic N) is 1. The number of benzene rings is 1. The Kier molecular flexibility index (Phi) is 5.78. The van der Waals surface area contributed by atoms with Crippen LogP contribution in [0.2, 0.25) is 0 Å². The first-order valence-electron chi connectivity index (χ1n) is 5.50. The molecule has 7 heteroatoms. The van der Waals surface area contributed by atoms with E-state index in [4.69, 9.17) is 15.6 Å².